The lowest BCUT2D eigenvalue weighted by Crippen LogP contribution is -2.17. The number of hydrogen-bond acceptors (Lipinski definition) is 4. The highest BCUT2D eigenvalue weighted by Crippen LogP contribution is 2.34. The first kappa shape index (κ1) is 14.9. The maximum Gasteiger partial charge on any atom is 0.433 e. The molecule has 0 radical (unpaired) electrons. The molecule has 0 aliphatic carbocycles. The standard InChI is InChI=1S/C13H11F3N4OS/c1-20-11(8-5-22-6-9(8)19-20)18-12(21)7-2-3-10(17-4-7)13(14,15)16/h2-4H,5-6H2,1H3,(H,18,21). The molecule has 9 heteroatoms. The molecule has 0 bridgehead atoms. The summed E-state index contributed by atoms with van der Waals surface area (Å²) in [7, 11) is 1.71. The van der Waals surface area contributed by atoms with Gasteiger partial charge in [-0.1, -0.05) is 0 Å². The number of aromatic nitrogens is 3. The van der Waals surface area contributed by atoms with E-state index in [0.717, 1.165) is 41.1 Å². The van der Waals surface area contributed by atoms with E-state index in [1.165, 1.54) is 0 Å². The van der Waals surface area contributed by atoms with Gasteiger partial charge >= 0.3 is 6.18 Å². The smallest absolute Gasteiger partial charge is 0.306 e. The maximum absolute atomic E-state index is 12.5. The zero-order valence-corrected chi connectivity index (χ0v) is 12.3. The first-order valence-electron chi connectivity index (χ1n) is 6.33. The van der Waals surface area contributed by atoms with Crippen molar-refractivity contribution in [2.24, 2.45) is 7.05 Å². The van der Waals surface area contributed by atoms with Gasteiger partial charge in [-0.05, 0) is 12.1 Å². The summed E-state index contributed by atoms with van der Waals surface area (Å²) < 4.78 is 38.9. The average Bonchev–Trinajstić information content (AvgIpc) is 3.01. The van der Waals surface area contributed by atoms with E-state index in [0.29, 0.717) is 5.82 Å². The molecule has 2 aromatic heterocycles. The van der Waals surface area contributed by atoms with E-state index in [2.05, 4.69) is 15.4 Å². The van der Waals surface area contributed by atoms with Gasteiger partial charge in [0, 0.05) is 30.3 Å². The molecule has 22 heavy (non-hydrogen) atoms. The Morgan fingerprint density at radius 1 is 1.36 bits per heavy atom. The van der Waals surface area contributed by atoms with Gasteiger partial charge in [-0.15, -0.1) is 0 Å². The minimum absolute atomic E-state index is 0.0635. The number of halogens is 3. The predicted octanol–water partition coefficient (Wildman–Crippen LogP) is 2.83. The van der Waals surface area contributed by atoms with Crippen LogP contribution < -0.4 is 5.32 Å². The molecule has 1 amide bonds. The third kappa shape index (κ3) is 2.68. The van der Waals surface area contributed by atoms with Gasteiger partial charge in [0.2, 0.25) is 0 Å². The molecule has 0 fully saturated rings. The number of rotatable bonds is 2. The van der Waals surface area contributed by atoms with Crippen LogP contribution in [0.25, 0.3) is 0 Å². The highest BCUT2D eigenvalue weighted by atomic mass is 32.2. The topological polar surface area (TPSA) is 59.8 Å². The van der Waals surface area contributed by atoms with Crippen LogP contribution >= 0.6 is 11.8 Å². The normalized spacial score (nSPS) is 14.0. The lowest BCUT2D eigenvalue weighted by atomic mass is 10.2. The molecule has 0 aromatic carbocycles. The Morgan fingerprint density at radius 3 is 2.77 bits per heavy atom. The van der Waals surface area contributed by atoms with Crippen LogP contribution in [0, 0.1) is 0 Å². The highest BCUT2D eigenvalue weighted by molar-refractivity contribution is 7.98. The van der Waals surface area contributed by atoms with Crippen LogP contribution in [0.15, 0.2) is 18.3 Å². The molecule has 1 N–H and O–H groups in total. The van der Waals surface area contributed by atoms with Crippen molar-refractivity contribution in [3.05, 3.63) is 40.8 Å². The fourth-order valence-corrected chi connectivity index (χ4v) is 3.21. The van der Waals surface area contributed by atoms with Crippen LogP contribution in [0.4, 0.5) is 19.0 Å². The van der Waals surface area contributed by atoms with Gasteiger partial charge in [-0.2, -0.15) is 30.0 Å². The zero-order chi connectivity index (χ0) is 15.9. The lowest BCUT2D eigenvalue weighted by molar-refractivity contribution is -0.141. The molecule has 1 aliphatic heterocycles. The molecule has 0 unspecified atom stereocenters. The number of carbonyl (C=O) groups is 1. The van der Waals surface area contributed by atoms with Gasteiger partial charge < -0.3 is 5.32 Å². The summed E-state index contributed by atoms with van der Waals surface area (Å²) >= 11 is 1.70. The van der Waals surface area contributed by atoms with Crippen molar-refractivity contribution in [2.45, 2.75) is 17.7 Å². The number of amides is 1. The second-order valence-corrected chi connectivity index (χ2v) is 5.76. The number of nitrogens with one attached hydrogen (secondary N) is 1. The summed E-state index contributed by atoms with van der Waals surface area (Å²) in [4.78, 5) is 15.4. The van der Waals surface area contributed by atoms with Crippen molar-refractivity contribution >= 4 is 23.5 Å². The molecule has 0 spiro atoms. The minimum atomic E-state index is -4.52. The zero-order valence-electron chi connectivity index (χ0n) is 11.4. The number of fused-ring (bicyclic) bond motifs is 1. The molecule has 1 aliphatic rings. The van der Waals surface area contributed by atoms with Gasteiger partial charge in [0.15, 0.2) is 0 Å². The Kier molecular flexibility index (Phi) is 3.59. The molecule has 116 valence electrons. The molecule has 0 atom stereocenters. The summed E-state index contributed by atoms with van der Waals surface area (Å²) in [6.07, 6.45) is -3.60. The lowest BCUT2D eigenvalue weighted by Gasteiger charge is -2.09. The summed E-state index contributed by atoms with van der Waals surface area (Å²) in [6.45, 7) is 0. The summed E-state index contributed by atoms with van der Waals surface area (Å²) in [6, 6.07) is 1.90. The van der Waals surface area contributed by atoms with Crippen LogP contribution in [0.3, 0.4) is 0 Å². The van der Waals surface area contributed by atoms with Gasteiger partial charge in [-0.3, -0.25) is 14.5 Å². The van der Waals surface area contributed by atoms with Crippen molar-refractivity contribution < 1.29 is 18.0 Å². The number of thioether (sulfide) groups is 1. The Balaban J connectivity index is 1.81. The van der Waals surface area contributed by atoms with E-state index >= 15 is 0 Å². The number of carbonyl (C=O) groups excluding carboxylic acids is 1. The number of anilines is 1. The molecular formula is C13H11F3N4OS. The minimum Gasteiger partial charge on any atom is -0.306 e. The van der Waals surface area contributed by atoms with Crippen molar-refractivity contribution in [1.82, 2.24) is 14.8 Å². The van der Waals surface area contributed by atoms with E-state index in [9.17, 15) is 18.0 Å². The Morgan fingerprint density at radius 2 is 2.14 bits per heavy atom. The first-order valence-corrected chi connectivity index (χ1v) is 7.49. The molecule has 0 saturated carbocycles. The van der Waals surface area contributed by atoms with E-state index in [1.807, 2.05) is 0 Å². The van der Waals surface area contributed by atoms with Crippen molar-refractivity contribution in [3.63, 3.8) is 0 Å². The molecule has 3 heterocycles. The maximum atomic E-state index is 12.5. The second kappa shape index (κ2) is 5.31. The largest absolute Gasteiger partial charge is 0.433 e. The molecule has 3 rings (SSSR count). The summed E-state index contributed by atoms with van der Waals surface area (Å²) in [5, 5.41) is 6.99. The second-order valence-electron chi connectivity index (χ2n) is 4.77. The number of pyridine rings is 1. The van der Waals surface area contributed by atoms with Gasteiger partial charge in [0.25, 0.3) is 5.91 Å². The van der Waals surface area contributed by atoms with Crippen LogP contribution in [-0.2, 0) is 24.7 Å². The molecule has 2 aromatic rings. The van der Waals surface area contributed by atoms with E-state index < -0.39 is 17.8 Å². The van der Waals surface area contributed by atoms with Crippen LogP contribution in [-0.4, -0.2) is 20.7 Å². The molecule has 0 saturated heterocycles. The fourth-order valence-electron chi connectivity index (χ4n) is 2.17. The van der Waals surface area contributed by atoms with Crippen molar-refractivity contribution in [1.29, 1.82) is 0 Å². The van der Waals surface area contributed by atoms with Crippen molar-refractivity contribution in [3.8, 4) is 0 Å². The SMILES string of the molecule is Cn1nc2c(c1NC(=O)c1ccc(C(F)(F)F)nc1)CSC2. The number of alkyl halides is 3. The summed E-state index contributed by atoms with van der Waals surface area (Å²) in [5.74, 6) is 1.61. The summed E-state index contributed by atoms with van der Waals surface area (Å²) in [5.41, 5.74) is 0.921. The third-order valence-electron chi connectivity index (χ3n) is 3.26. The number of aryl methyl sites for hydroxylation is 1. The van der Waals surface area contributed by atoms with E-state index in [1.54, 1.807) is 23.5 Å². The van der Waals surface area contributed by atoms with Gasteiger partial charge in [0.05, 0.1) is 11.3 Å². The monoisotopic (exact) mass is 328 g/mol. The van der Waals surface area contributed by atoms with E-state index in [4.69, 9.17) is 0 Å². The number of hydrogen-bond donors (Lipinski definition) is 1. The molecular weight excluding hydrogens is 317 g/mol. The first-order chi connectivity index (χ1) is 10.4. The molecule has 5 nitrogen and oxygen atoms in total. The van der Waals surface area contributed by atoms with Crippen molar-refractivity contribution in [2.75, 3.05) is 5.32 Å². The fraction of sp³-hybridized carbons (Fsp3) is 0.308. The average molecular weight is 328 g/mol. The highest BCUT2D eigenvalue weighted by Gasteiger charge is 2.32. The van der Waals surface area contributed by atoms with Crippen LogP contribution in [0.5, 0.6) is 0 Å². The Hall–Kier alpha value is -2.03. The third-order valence-corrected chi connectivity index (χ3v) is 4.23. The quantitative estimate of drug-likeness (QED) is 0.921. The van der Waals surface area contributed by atoms with Crippen LogP contribution in [0.1, 0.15) is 27.3 Å². The Labute approximate surface area is 127 Å². The van der Waals surface area contributed by atoms with Crippen LogP contribution in [0.2, 0.25) is 0 Å². The van der Waals surface area contributed by atoms with Gasteiger partial charge in [0.1, 0.15) is 11.5 Å². The number of nitrogens with zero attached hydrogens (tertiary/aromatic N) is 3. The van der Waals surface area contributed by atoms with Gasteiger partial charge in [-0.25, -0.2) is 0 Å². The van der Waals surface area contributed by atoms with E-state index in [-0.39, 0.29) is 5.56 Å². The predicted molar refractivity (Wildman–Crippen MR) is 75.4 cm³/mol. The Bertz CT molecular complexity index is 724.